The van der Waals surface area contributed by atoms with Crippen LogP contribution in [0.1, 0.15) is 32.1 Å². The summed E-state index contributed by atoms with van der Waals surface area (Å²) in [5, 5.41) is 0. The third kappa shape index (κ3) is 7.36. The van der Waals surface area contributed by atoms with Gasteiger partial charge >= 0.3 is 12.1 Å². The van der Waals surface area contributed by atoms with Gasteiger partial charge in [0.05, 0.1) is 7.11 Å². The summed E-state index contributed by atoms with van der Waals surface area (Å²) in [7, 11) is 1.26. The molecule has 1 atom stereocenters. The monoisotopic (exact) mass is 318 g/mol. The number of hydrogen-bond donors (Lipinski definition) is 0. The Morgan fingerprint density at radius 1 is 1.24 bits per heavy atom. The lowest BCUT2D eigenvalue weighted by Crippen LogP contribution is -2.22. The number of methoxy groups -OCH3 is 1. The molecule has 0 aromatic rings. The second kappa shape index (κ2) is 7.68. The number of carbonyl (C=O) groups excluding carboxylic acids is 2. The van der Waals surface area contributed by atoms with E-state index < -0.39 is 29.2 Å². The summed E-state index contributed by atoms with van der Waals surface area (Å²) in [5.41, 5.74) is 0. The molecule has 17 heavy (non-hydrogen) atoms. The maximum Gasteiger partial charge on any atom is 0.449 e. The van der Waals surface area contributed by atoms with Crippen LogP contribution in [0.25, 0.3) is 0 Å². The Labute approximate surface area is 106 Å². The maximum atomic E-state index is 11.8. The van der Waals surface area contributed by atoms with Gasteiger partial charge in [-0.05, 0) is 12.8 Å². The molecule has 0 spiro atoms. The van der Waals surface area contributed by atoms with E-state index in [4.69, 9.17) is 0 Å². The van der Waals surface area contributed by atoms with E-state index >= 15 is 0 Å². The number of unbranched alkanes of at least 4 members (excludes halogenated alkanes) is 2. The Hall–Kier alpha value is -0.590. The third-order valence-corrected chi connectivity index (χ3v) is 2.97. The van der Waals surface area contributed by atoms with E-state index in [1.165, 1.54) is 7.11 Å². The summed E-state index contributed by atoms with van der Waals surface area (Å²) in [6.07, 6.45) is -3.53. The molecule has 0 saturated carbocycles. The van der Waals surface area contributed by atoms with Crippen molar-refractivity contribution in [3.63, 3.8) is 0 Å². The fourth-order valence-electron chi connectivity index (χ4n) is 1.17. The van der Waals surface area contributed by atoms with Crippen LogP contribution in [0.3, 0.4) is 0 Å². The lowest BCUT2D eigenvalue weighted by molar-refractivity contribution is -0.171. The van der Waals surface area contributed by atoms with E-state index in [2.05, 4.69) is 20.7 Å². The molecule has 0 rings (SSSR count). The fraction of sp³-hybridized carbons (Fsp3) is 0.800. The first-order valence-corrected chi connectivity index (χ1v) is 6.02. The Morgan fingerprint density at radius 2 is 1.82 bits per heavy atom. The lowest BCUT2D eigenvalue weighted by Gasteiger charge is -2.07. The molecule has 3 nitrogen and oxygen atoms in total. The van der Waals surface area contributed by atoms with Gasteiger partial charge < -0.3 is 4.74 Å². The van der Waals surface area contributed by atoms with Gasteiger partial charge in [-0.1, -0.05) is 28.8 Å². The summed E-state index contributed by atoms with van der Waals surface area (Å²) >= 11 is 3.09. The van der Waals surface area contributed by atoms with Gasteiger partial charge in [-0.3, -0.25) is 9.59 Å². The number of carbonyl (C=O) groups is 2. The topological polar surface area (TPSA) is 43.4 Å². The minimum atomic E-state index is -4.73. The Balaban J connectivity index is 3.60. The van der Waals surface area contributed by atoms with Gasteiger partial charge in [0.1, 0.15) is 4.83 Å². The van der Waals surface area contributed by atoms with Crippen LogP contribution in [0, 0.1) is 0 Å². The SMILES string of the molecule is COC(=O)C(Br)CCCCCC(=O)C(F)(F)F. The molecule has 0 aliphatic rings. The number of ketones is 1. The van der Waals surface area contributed by atoms with Crippen molar-refractivity contribution in [2.24, 2.45) is 0 Å². The molecule has 0 bridgehead atoms. The first kappa shape index (κ1) is 16.4. The number of hydrogen-bond acceptors (Lipinski definition) is 3. The number of Topliss-reactive ketones (excluding diaryl/α,β-unsaturated/α-hetero) is 1. The van der Waals surface area contributed by atoms with Gasteiger partial charge in [0, 0.05) is 6.42 Å². The molecule has 0 aromatic carbocycles. The molecule has 7 heteroatoms. The van der Waals surface area contributed by atoms with E-state index in [0.29, 0.717) is 19.3 Å². The van der Waals surface area contributed by atoms with E-state index in [1.54, 1.807) is 0 Å². The quantitative estimate of drug-likeness (QED) is 0.412. The van der Waals surface area contributed by atoms with E-state index in [-0.39, 0.29) is 6.42 Å². The predicted molar refractivity (Wildman–Crippen MR) is 58.9 cm³/mol. The number of alkyl halides is 4. The van der Waals surface area contributed by atoms with Crippen molar-refractivity contribution < 1.29 is 27.5 Å². The van der Waals surface area contributed by atoms with Crippen molar-refractivity contribution in [1.29, 1.82) is 0 Å². The molecule has 0 aliphatic carbocycles. The zero-order valence-electron chi connectivity index (χ0n) is 9.35. The minimum Gasteiger partial charge on any atom is -0.468 e. The van der Waals surface area contributed by atoms with Crippen molar-refractivity contribution >= 4 is 27.7 Å². The number of esters is 1. The molecule has 0 amide bonds. The van der Waals surface area contributed by atoms with E-state index in [0.717, 1.165) is 0 Å². The summed E-state index contributed by atoms with van der Waals surface area (Å²) in [6.45, 7) is 0. The molecule has 0 aromatic heterocycles. The highest BCUT2D eigenvalue weighted by Gasteiger charge is 2.37. The van der Waals surface area contributed by atoms with Crippen LogP contribution in [-0.4, -0.2) is 29.9 Å². The molecular formula is C10H14BrF3O3. The van der Waals surface area contributed by atoms with Crippen molar-refractivity contribution in [1.82, 2.24) is 0 Å². The summed E-state index contributed by atoms with van der Waals surface area (Å²) in [6, 6.07) is 0. The molecule has 0 saturated heterocycles. The van der Waals surface area contributed by atoms with Crippen LogP contribution in [0.4, 0.5) is 13.2 Å². The summed E-state index contributed by atoms with van der Waals surface area (Å²) in [5.74, 6) is -2.10. The third-order valence-electron chi connectivity index (χ3n) is 2.13. The molecule has 0 heterocycles. The molecule has 100 valence electrons. The number of halogens is 4. The van der Waals surface area contributed by atoms with Gasteiger partial charge in [-0.15, -0.1) is 0 Å². The van der Waals surface area contributed by atoms with Crippen LogP contribution in [0.2, 0.25) is 0 Å². The highest BCUT2D eigenvalue weighted by Crippen LogP contribution is 2.20. The highest BCUT2D eigenvalue weighted by atomic mass is 79.9. The molecule has 0 fully saturated rings. The fourth-order valence-corrected chi connectivity index (χ4v) is 1.68. The van der Waals surface area contributed by atoms with Crippen LogP contribution >= 0.6 is 15.9 Å². The van der Waals surface area contributed by atoms with Crippen molar-refractivity contribution in [2.45, 2.75) is 43.1 Å². The maximum absolute atomic E-state index is 11.8. The average Bonchev–Trinajstić information content (AvgIpc) is 2.25. The number of rotatable bonds is 7. The second-order valence-electron chi connectivity index (χ2n) is 3.51. The molecule has 0 aliphatic heterocycles. The van der Waals surface area contributed by atoms with Gasteiger partial charge in [-0.25, -0.2) is 0 Å². The van der Waals surface area contributed by atoms with Crippen LogP contribution in [0.15, 0.2) is 0 Å². The van der Waals surface area contributed by atoms with Gasteiger partial charge in [0.2, 0.25) is 5.78 Å². The lowest BCUT2D eigenvalue weighted by atomic mass is 10.1. The standard InChI is InChI=1S/C10H14BrF3O3/c1-17-9(16)7(11)5-3-2-4-6-8(15)10(12,13)14/h7H,2-6H2,1H3. The Kier molecular flexibility index (Phi) is 7.41. The highest BCUT2D eigenvalue weighted by molar-refractivity contribution is 9.10. The van der Waals surface area contributed by atoms with Gasteiger partial charge in [0.25, 0.3) is 0 Å². The minimum absolute atomic E-state index is 0.180. The molecule has 0 N–H and O–H groups in total. The summed E-state index contributed by atoms with van der Waals surface area (Å²) in [4.78, 5) is 21.0. The molecule has 1 unspecified atom stereocenters. The zero-order valence-corrected chi connectivity index (χ0v) is 10.9. The molecule has 0 radical (unpaired) electrons. The van der Waals surface area contributed by atoms with Gasteiger partial charge in [0.15, 0.2) is 0 Å². The molecular weight excluding hydrogens is 305 g/mol. The number of ether oxygens (including phenoxy) is 1. The second-order valence-corrected chi connectivity index (χ2v) is 4.62. The van der Waals surface area contributed by atoms with Crippen LogP contribution in [-0.2, 0) is 14.3 Å². The summed E-state index contributed by atoms with van der Waals surface area (Å²) < 4.78 is 39.9. The van der Waals surface area contributed by atoms with Crippen molar-refractivity contribution in [2.75, 3.05) is 7.11 Å². The van der Waals surface area contributed by atoms with Gasteiger partial charge in [-0.2, -0.15) is 13.2 Å². The first-order valence-electron chi connectivity index (χ1n) is 5.11. The van der Waals surface area contributed by atoms with E-state index in [9.17, 15) is 22.8 Å². The van der Waals surface area contributed by atoms with Crippen LogP contribution < -0.4 is 0 Å². The average molecular weight is 319 g/mol. The van der Waals surface area contributed by atoms with Crippen LogP contribution in [0.5, 0.6) is 0 Å². The Morgan fingerprint density at radius 3 is 2.29 bits per heavy atom. The van der Waals surface area contributed by atoms with Crippen molar-refractivity contribution in [3.8, 4) is 0 Å². The first-order chi connectivity index (χ1) is 7.79. The normalized spacial score (nSPS) is 13.2. The largest absolute Gasteiger partial charge is 0.468 e. The smallest absolute Gasteiger partial charge is 0.449 e. The zero-order chi connectivity index (χ0) is 13.5. The Bertz CT molecular complexity index is 266. The van der Waals surface area contributed by atoms with E-state index in [1.807, 2.05) is 0 Å². The predicted octanol–water partition coefficient (Wildman–Crippen LogP) is 3.00. The van der Waals surface area contributed by atoms with Crippen molar-refractivity contribution in [3.05, 3.63) is 0 Å².